The van der Waals surface area contributed by atoms with E-state index in [1.807, 2.05) is 24.3 Å². The highest BCUT2D eigenvalue weighted by atomic mass is 16.2. The molecule has 2 fully saturated rings. The van der Waals surface area contributed by atoms with Gasteiger partial charge < -0.3 is 16.4 Å². The zero-order chi connectivity index (χ0) is 13.3. The number of nitrogen functional groups attached to an aromatic ring is 1. The Kier molecular flexibility index (Phi) is 3.09. The van der Waals surface area contributed by atoms with Crippen molar-refractivity contribution in [1.82, 2.24) is 10.6 Å². The van der Waals surface area contributed by atoms with E-state index in [0.717, 1.165) is 36.9 Å². The Morgan fingerprint density at radius 2 is 1.89 bits per heavy atom. The molecule has 2 aliphatic carbocycles. The fourth-order valence-corrected chi connectivity index (χ4v) is 3.03. The van der Waals surface area contributed by atoms with Crippen molar-refractivity contribution in [3.8, 4) is 0 Å². The van der Waals surface area contributed by atoms with Gasteiger partial charge in [0.2, 0.25) is 0 Å². The molecule has 1 aromatic rings. The number of hydrogen-bond donors (Lipinski definition) is 3. The maximum absolute atomic E-state index is 12.1. The van der Waals surface area contributed by atoms with E-state index in [9.17, 15) is 4.79 Å². The van der Waals surface area contributed by atoms with Gasteiger partial charge in [0.05, 0.1) is 5.54 Å². The van der Waals surface area contributed by atoms with Crippen LogP contribution in [0.3, 0.4) is 0 Å². The van der Waals surface area contributed by atoms with E-state index in [1.165, 1.54) is 12.8 Å². The van der Waals surface area contributed by atoms with Crippen molar-refractivity contribution < 1.29 is 4.79 Å². The SMILES string of the molecule is Nc1ccccc1C1(NC(=O)NC2CCCC2)CC1. The second-order valence-electron chi connectivity index (χ2n) is 5.75. The van der Waals surface area contributed by atoms with E-state index in [2.05, 4.69) is 10.6 Å². The van der Waals surface area contributed by atoms with Gasteiger partial charge in [0.25, 0.3) is 0 Å². The van der Waals surface area contributed by atoms with Gasteiger partial charge in [0.15, 0.2) is 0 Å². The Bertz CT molecular complexity index is 476. The van der Waals surface area contributed by atoms with Crippen molar-refractivity contribution in [2.75, 3.05) is 5.73 Å². The third kappa shape index (κ3) is 2.53. The molecule has 3 rings (SSSR count). The first-order valence-corrected chi connectivity index (χ1v) is 7.13. The van der Waals surface area contributed by atoms with Crippen LogP contribution in [0.4, 0.5) is 10.5 Å². The molecule has 1 aromatic carbocycles. The van der Waals surface area contributed by atoms with Gasteiger partial charge in [-0.3, -0.25) is 0 Å². The average Bonchev–Trinajstić information content (AvgIpc) is 2.97. The summed E-state index contributed by atoms with van der Waals surface area (Å²) in [5.41, 5.74) is 7.60. The van der Waals surface area contributed by atoms with Crippen molar-refractivity contribution >= 4 is 11.7 Å². The lowest BCUT2D eigenvalue weighted by Gasteiger charge is -2.21. The third-order valence-corrected chi connectivity index (χ3v) is 4.27. The molecule has 4 N–H and O–H groups in total. The summed E-state index contributed by atoms with van der Waals surface area (Å²) in [6, 6.07) is 8.11. The number of carbonyl (C=O) groups excluding carboxylic acids is 1. The first-order chi connectivity index (χ1) is 9.20. The molecule has 0 atom stereocenters. The summed E-state index contributed by atoms with van der Waals surface area (Å²) in [4.78, 5) is 12.1. The van der Waals surface area contributed by atoms with Crippen LogP contribution < -0.4 is 16.4 Å². The summed E-state index contributed by atoms with van der Waals surface area (Å²) >= 11 is 0. The standard InChI is InChI=1S/C15H21N3O/c16-13-8-4-3-7-12(13)15(9-10-15)18-14(19)17-11-5-1-2-6-11/h3-4,7-8,11H,1-2,5-6,9-10,16H2,(H2,17,18,19). The van der Waals surface area contributed by atoms with E-state index in [0.29, 0.717) is 6.04 Å². The Labute approximate surface area is 113 Å². The van der Waals surface area contributed by atoms with Crippen molar-refractivity contribution in [2.45, 2.75) is 50.1 Å². The van der Waals surface area contributed by atoms with Gasteiger partial charge in [0, 0.05) is 17.3 Å². The van der Waals surface area contributed by atoms with E-state index in [-0.39, 0.29) is 11.6 Å². The van der Waals surface area contributed by atoms with Gasteiger partial charge in [0.1, 0.15) is 0 Å². The van der Waals surface area contributed by atoms with E-state index < -0.39 is 0 Å². The quantitative estimate of drug-likeness (QED) is 0.730. The molecule has 0 aliphatic heterocycles. The minimum absolute atomic E-state index is 0.0485. The Morgan fingerprint density at radius 1 is 1.21 bits per heavy atom. The molecule has 0 radical (unpaired) electrons. The van der Waals surface area contributed by atoms with Crippen LogP contribution in [0.15, 0.2) is 24.3 Å². The number of urea groups is 1. The fraction of sp³-hybridized carbons (Fsp3) is 0.533. The number of hydrogen-bond acceptors (Lipinski definition) is 2. The molecule has 2 aliphatic rings. The zero-order valence-corrected chi connectivity index (χ0v) is 11.1. The van der Waals surface area contributed by atoms with Crippen molar-refractivity contribution in [3.05, 3.63) is 29.8 Å². The summed E-state index contributed by atoms with van der Waals surface area (Å²) in [5.74, 6) is 0. The molecular weight excluding hydrogens is 238 g/mol. The molecule has 0 aromatic heterocycles. The summed E-state index contributed by atoms with van der Waals surface area (Å²) in [5, 5.41) is 6.19. The zero-order valence-electron chi connectivity index (χ0n) is 11.1. The normalized spacial score (nSPS) is 21.1. The number of nitrogens with two attached hydrogens (primary N) is 1. The number of amides is 2. The van der Waals surface area contributed by atoms with Crippen LogP contribution in [0.5, 0.6) is 0 Å². The molecule has 0 unspecified atom stereocenters. The minimum Gasteiger partial charge on any atom is -0.398 e. The average molecular weight is 259 g/mol. The minimum atomic E-state index is -0.228. The molecule has 0 heterocycles. The van der Waals surface area contributed by atoms with E-state index in [1.54, 1.807) is 0 Å². The van der Waals surface area contributed by atoms with Gasteiger partial charge in [-0.15, -0.1) is 0 Å². The summed E-state index contributed by atoms with van der Waals surface area (Å²) in [6.07, 6.45) is 6.60. The lowest BCUT2D eigenvalue weighted by atomic mass is 10.0. The number of anilines is 1. The largest absolute Gasteiger partial charge is 0.398 e. The van der Waals surface area contributed by atoms with Crippen LogP contribution in [0.25, 0.3) is 0 Å². The van der Waals surface area contributed by atoms with Crippen LogP contribution in [-0.2, 0) is 5.54 Å². The van der Waals surface area contributed by atoms with Gasteiger partial charge >= 0.3 is 6.03 Å². The third-order valence-electron chi connectivity index (χ3n) is 4.27. The molecule has 0 spiro atoms. The number of para-hydroxylation sites is 1. The predicted octanol–water partition coefficient (Wildman–Crippen LogP) is 2.50. The topological polar surface area (TPSA) is 67.1 Å². The number of benzene rings is 1. The summed E-state index contributed by atoms with van der Waals surface area (Å²) in [7, 11) is 0. The molecule has 0 saturated heterocycles. The Hall–Kier alpha value is -1.71. The van der Waals surface area contributed by atoms with Crippen LogP contribution >= 0.6 is 0 Å². The maximum Gasteiger partial charge on any atom is 0.315 e. The fourth-order valence-electron chi connectivity index (χ4n) is 3.03. The highest BCUT2D eigenvalue weighted by molar-refractivity contribution is 5.76. The van der Waals surface area contributed by atoms with Gasteiger partial charge in [-0.1, -0.05) is 31.0 Å². The number of carbonyl (C=O) groups is 1. The van der Waals surface area contributed by atoms with E-state index >= 15 is 0 Å². The maximum atomic E-state index is 12.1. The van der Waals surface area contributed by atoms with Gasteiger partial charge in [-0.05, 0) is 31.7 Å². The lowest BCUT2D eigenvalue weighted by molar-refractivity contribution is 0.232. The smallest absolute Gasteiger partial charge is 0.315 e. The highest BCUT2D eigenvalue weighted by Gasteiger charge is 2.47. The molecule has 102 valence electrons. The van der Waals surface area contributed by atoms with Crippen LogP contribution in [0.2, 0.25) is 0 Å². The van der Waals surface area contributed by atoms with Crippen molar-refractivity contribution in [1.29, 1.82) is 0 Å². The highest BCUT2D eigenvalue weighted by Crippen LogP contribution is 2.47. The Balaban J connectivity index is 1.65. The second-order valence-corrected chi connectivity index (χ2v) is 5.75. The lowest BCUT2D eigenvalue weighted by Crippen LogP contribution is -2.45. The Morgan fingerprint density at radius 3 is 2.53 bits per heavy atom. The second kappa shape index (κ2) is 4.76. The van der Waals surface area contributed by atoms with Crippen LogP contribution in [0, 0.1) is 0 Å². The van der Waals surface area contributed by atoms with Crippen molar-refractivity contribution in [2.24, 2.45) is 0 Å². The van der Waals surface area contributed by atoms with Crippen LogP contribution in [-0.4, -0.2) is 12.1 Å². The number of rotatable bonds is 3. The van der Waals surface area contributed by atoms with E-state index in [4.69, 9.17) is 5.73 Å². The van der Waals surface area contributed by atoms with Crippen molar-refractivity contribution in [3.63, 3.8) is 0 Å². The molecule has 4 heteroatoms. The molecule has 0 bridgehead atoms. The molecule has 2 amide bonds. The first kappa shape index (κ1) is 12.3. The molecule has 2 saturated carbocycles. The predicted molar refractivity (Wildman–Crippen MR) is 75.7 cm³/mol. The monoisotopic (exact) mass is 259 g/mol. The van der Waals surface area contributed by atoms with Crippen LogP contribution in [0.1, 0.15) is 44.1 Å². The van der Waals surface area contributed by atoms with Gasteiger partial charge in [-0.25, -0.2) is 4.79 Å². The molecular formula is C15H21N3O. The first-order valence-electron chi connectivity index (χ1n) is 7.13. The summed E-state index contributed by atoms with van der Waals surface area (Å²) in [6.45, 7) is 0. The van der Waals surface area contributed by atoms with Gasteiger partial charge in [-0.2, -0.15) is 0 Å². The summed E-state index contributed by atoms with van der Waals surface area (Å²) < 4.78 is 0. The molecule has 4 nitrogen and oxygen atoms in total. The molecule has 19 heavy (non-hydrogen) atoms. The number of nitrogens with one attached hydrogen (secondary N) is 2.